The first-order valence-corrected chi connectivity index (χ1v) is 19.2. The van der Waals surface area contributed by atoms with E-state index in [-0.39, 0.29) is 18.5 Å². The van der Waals surface area contributed by atoms with Gasteiger partial charge in [0.15, 0.2) is 0 Å². The molecule has 0 heterocycles. The molecule has 0 unspecified atom stereocenters. The Morgan fingerprint density at radius 3 is 1.55 bits per heavy atom. The molecule has 0 aromatic heterocycles. The molecule has 0 aromatic rings. The van der Waals surface area contributed by atoms with Gasteiger partial charge in [0.2, 0.25) is 0 Å². The van der Waals surface area contributed by atoms with Crippen molar-refractivity contribution < 1.29 is 24.2 Å². The molecule has 0 spiro atoms. The summed E-state index contributed by atoms with van der Waals surface area (Å²) in [5.74, 6) is 0.354. The molecule has 44 heavy (non-hydrogen) atoms. The van der Waals surface area contributed by atoms with Crippen molar-refractivity contribution in [3.8, 4) is 0 Å². The van der Waals surface area contributed by atoms with Crippen LogP contribution >= 0.6 is 0 Å². The molecule has 0 rings (SSSR count). The lowest BCUT2D eigenvalue weighted by atomic mass is 9.95. The molecule has 0 saturated heterocycles. The van der Waals surface area contributed by atoms with Gasteiger partial charge in [-0.05, 0) is 57.5 Å². The minimum Gasteiger partial charge on any atom is -0.466 e. The highest BCUT2D eigenvalue weighted by Gasteiger charge is 2.13. The van der Waals surface area contributed by atoms with E-state index < -0.39 is 0 Å². The van der Waals surface area contributed by atoms with Gasteiger partial charge >= 0.3 is 11.9 Å². The number of carbonyl (C=O) groups excluding carboxylic acids is 2. The molecule has 0 radical (unpaired) electrons. The zero-order valence-corrected chi connectivity index (χ0v) is 29.7. The van der Waals surface area contributed by atoms with E-state index in [0.717, 1.165) is 51.6 Å². The van der Waals surface area contributed by atoms with Crippen molar-refractivity contribution in [2.24, 2.45) is 5.92 Å². The Bertz CT molecular complexity index is 600. The fraction of sp³-hybridized carbons (Fsp3) is 0.947. The van der Waals surface area contributed by atoms with E-state index in [2.05, 4.69) is 25.7 Å². The molecule has 0 bridgehead atoms. The van der Waals surface area contributed by atoms with Crippen LogP contribution in [0.5, 0.6) is 0 Å². The van der Waals surface area contributed by atoms with E-state index in [1.165, 1.54) is 116 Å². The third kappa shape index (κ3) is 30.9. The third-order valence-electron chi connectivity index (χ3n) is 8.80. The summed E-state index contributed by atoms with van der Waals surface area (Å²) in [6.45, 7) is 10.3. The zero-order valence-electron chi connectivity index (χ0n) is 29.7. The fourth-order valence-electron chi connectivity index (χ4n) is 5.87. The van der Waals surface area contributed by atoms with Gasteiger partial charge in [-0.3, -0.25) is 9.59 Å². The van der Waals surface area contributed by atoms with E-state index in [0.29, 0.717) is 38.5 Å². The smallest absolute Gasteiger partial charge is 0.305 e. The van der Waals surface area contributed by atoms with Crippen LogP contribution in [0.1, 0.15) is 188 Å². The number of rotatable bonds is 35. The quantitative estimate of drug-likeness (QED) is 0.0558. The van der Waals surface area contributed by atoms with Crippen molar-refractivity contribution in [3.05, 3.63) is 0 Å². The highest BCUT2D eigenvalue weighted by Crippen LogP contribution is 2.20. The van der Waals surface area contributed by atoms with E-state index in [9.17, 15) is 14.7 Å². The largest absolute Gasteiger partial charge is 0.466 e. The molecule has 1 N–H and O–H groups in total. The van der Waals surface area contributed by atoms with Crippen LogP contribution in [0.3, 0.4) is 0 Å². The molecule has 0 amide bonds. The van der Waals surface area contributed by atoms with Crippen molar-refractivity contribution >= 4 is 11.9 Å². The van der Waals surface area contributed by atoms with Crippen molar-refractivity contribution in [2.75, 3.05) is 39.5 Å². The fourth-order valence-corrected chi connectivity index (χ4v) is 5.87. The second-order valence-corrected chi connectivity index (χ2v) is 13.1. The Morgan fingerprint density at radius 1 is 0.523 bits per heavy atom. The second kappa shape index (κ2) is 34.7. The summed E-state index contributed by atoms with van der Waals surface area (Å²) >= 11 is 0. The average Bonchev–Trinajstić information content (AvgIpc) is 3.02. The highest BCUT2D eigenvalue weighted by molar-refractivity contribution is 5.69. The van der Waals surface area contributed by atoms with Crippen LogP contribution in [0, 0.1) is 5.92 Å². The maximum absolute atomic E-state index is 12.4. The Hall–Kier alpha value is -1.14. The van der Waals surface area contributed by atoms with Gasteiger partial charge in [0.25, 0.3) is 0 Å². The van der Waals surface area contributed by atoms with Crippen molar-refractivity contribution in [1.82, 2.24) is 4.90 Å². The van der Waals surface area contributed by atoms with Gasteiger partial charge in [-0.2, -0.15) is 0 Å². The van der Waals surface area contributed by atoms with Crippen LogP contribution in [-0.4, -0.2) is 61.4 Å². The van der Waals surface area contributed by atoms with Gasteiger partial charge in [-0.25, -0.2) is 0 Å². The van der Waals surface area contributed by atoms with Crippen LogP contribution in [0.15, 0.2) is 0 Å². The van der Waals surface area contributed by atoms with E-state index in [1.54, 1.807) is 0 Å². The normalized spacial score (nSPS) is 11.5. The summed E-state index contributed by atoms with van der Waals surface area (Å²) in [5, 5.41) is 9.46. The summed E-state index contributed by atoms with van der Waals surface area (Å²) in [7, 11) is 0. The first kappa shape index (κ1) is 42.9. The van der Waals surface area contributed by atoms with Gasteiger partial charge in [0, 0.05) is 19.4 Å². The second-order valence-electron chi connectivity index (χ2n) is 13.1. The standard InChI is InChI=1S/C38H75NO5/c1-4-7-10-13-14-15-18-24-34-43-37(41)29-25-31-39(32-33-40)30-23-19-22-28-38(42)44-35-36(26-20-16-11-8-5-2)27-21-17-12-9-6-3/h36,40H,4-35H2,1-3H3. The first-order chi connectivity index (χ1) is 21.6. The molecule has 0 aromatic carbocycles. The maximum atomic E-state index is 12.4. The lowest BCUT2D eigenvalue weighted by Crippen LogP contribution is -2.29. The van der Waals surface area contributed by atoms with Gasteiger partial charge < -0.3 is 19.5 Å². The summed E-state index contributed by atoms with van der Waals surface area (Å²) in [4.78, 5) is 26.8. The highest BCUT2D eigenvalue weighted by atomic mass is 16.5. The molecule has 0 atom stereocenters. The van der Waals surface area contributed by atoms with Crippen LogP contribution in [0.4, 0.5) is 0 Å². The van der Waals surface area contributed by atoms with Gasteiger partial charge in [0.05, 0.1) is 19.8 Å². The number of carbonyl (C=O) groups is 2. The Balaban J connectivity index is 4.02. The summed E-state index contributed by atoms with van der Waals surface area (Å²) in [6, 6.07) is 0. The van der Waals surface area contributed by atoms with Gasteiger partial charge in [-0.15, -0.1) is 0 Å². The van der Waals surface area contributed by atoms with Crippen molar-refractivity contribution in [1.29, 1.82) is 0 Å². The number of aliphatic hydroxyl groups excluding tert-OH is 1. The number of aliphatic hydroxyl groups is 1. The number of ether oxygens (including phenoxy) is 2. The molecule has 0 saturated carbocycles. The zero-order chi connectivity index (χ0) is 32.4. The molecular weight excluding hydrogens is 550 g/mol. The van der Waals surface area contributed by atoms with E-state index >= 15 is 0 Å². The summed E-state index contributed by atoms with van der Waals surface area (Å²) in [6.07, 6.45) is 29.7. The number of nitrogens with zero attached hydrogens (tertiary/aromatic N) is 1. The van der Waals surface area contributed by atoms with Gasteiger partial charge in [0.1, 0.15) is 0 Å². The van der Waals surface area contributed by atoms with Gasteiger partial charge in [-0.1, -0.05) is 136 Å². The molecule has 0 aliphatic heterocycles. The number of hydrogen-bond donors (Lipinski definition) is 1. The van der Waals surface area contributed by atoms with Crippen LogP contribution in [-0.2, 0) is 19.1 Å². The minimum atomic E-state index is -0.106. The maximum Gasteiger partial charge on any atom is 0.305 e. The predicted molar refractivity (Wildman–Crippen MR) is 186 cm³/mol. The molecule has 0 aliphatic rings. The Kier molecular flexibility index (Phi) is 33.8. The lowest BCUT2D eigenvalue weighted by molar-refractivity contribution is -0.145. The molecule has 6 nitrogen and oxygen atoms in total. The van der Waals surface area contributed by atoms with Crippen molar-refractivity contribution in [3.63, 3.8) is 0 Å². The number of unbranched alkanes of at least 4 members (excludes halogenated alkanes) is 17. The summed E-state index contributed by atoms with van der Waals surface area (Å²) in [5.41, 5.74) is 0. The SMILES string of the molecule is CCCCCCCCCCOC(=O)CCCN(CCO)CCCCCC(=O)OCC(CCCCCCC)CCCCCCC. The molecule has 0 aliphatic carbocycles. The van der Waals surface area contributed by atoms with E-state index in [4.69, 9.17) is 9.47 Å². The Morgan fingerprint density at radius 2 is 0.977 bits per heavy atom. The first-order valence-electron chi connectivity index (χ1n) is 19.2. The minimum absolute atomic E-state index is 0.0512. The monoisotopic (exact) mass is 626 g/mol. The van der Waals surface area contributed by atoms with Crippen LogP contribution in [0.25, 0.3) is 0 Å². The lowest BCUT2D eigenvalue weighted by Gasteiger charge is -2.21. The summed E-state index contributed by atoms with van der Waals surface area (Å²) < 4.78 is 11.2. The van der Waals surface area contributed by atoms with Crippen LogP contribution < -0.4 is 0 Å². The number of esters is 2. The molecule has 0 fully saturated rings. The van der Waals surface area contributed by atoms with Crippen molar-refractivity contribution in [2.45, 2.75) is 188 Å². The molecule has 6 heteroatoms. The third-order valence-corrected chi connectivity index (χ3v) is 8.80. The molecular formula is C38H75NO5. The predicted octanol–water partition coefficient (Wildman–Crippen LogP) is 10.2. The molecule has 262 valence electrons. The number of hydrogen-bond acceptors (Lipinski definition) is 6. The van der Waals surface area contributed by atoms with Crippen LogP contribution in [0.2, 0.25) is 0 Å². The average molecular weight is 626 g/mol. The Labute approximate surface area is 273 Å². The topological polar surface area (TPSA) is 76.1 Å². The van der Waals surface area contributed by atoms with E-state index in [1.807, 2.05) is 0 Å².